The molecule has 0 spiro atoms. The van der Waals surface area contributed by atoms with Gasteiger partial charge in [-0.25, -0.2) is 4.79 Å². The van der Waals surface area contributed by atoms with Crippen LogP contribution in [0.4, 0.5) is 0 Å². The van der Waals surface area contributed by atoms with Crippen LogP contribution in [-0.2, 0) is 16.1 Å². The molecule has 0 N–H and O–H groups in total. The first-order valence-electron chi connectivity index (χ1n) is 5.88. The van der Waals surface area contributed by atoms with Crippen LogP contribution in [0, 0.1) is 0 Å². The maximum Gasteiger partial charge on any atom is 0.354 e. The van der Waals surface area contributed by atoms with Gasteiger partial charge in [0, 0.05) is 10.9 Å². The third-order valence-corrected chi connectivity index (χ3v) is 2.68. The van der Waals surface area contributed by atoms with Gasteiger partial charge in [0.25, 0.3) is 0 Å². The number of ketones is 1. The molecule has 0 saturated carbocycles. The largest absolute Gasteiger partial charge is 0.461 e. The second-order valence-electron chi connectivity index (χ2n) is 4.10. The van der Waals surface area contributed by atoms with Gasteiger partial charge in [0.2, 0.25) is 0 Å². The number of aromatic nitrogens is 1. The molecule has 4 nitrogen and oxygen atoms in total. The van der Waals surface area contributed by atoms with Gasteiger partial charge in [0.1, 0.15) is 11.5 Å². The van der Waals surface area contributed by atoms with Crippen molar-refractivity contribution in [3.63, 3.8) is 0 Å². The highest BCUT2D eigenvalue weighted by Crippen LogP contribution is 2.20. The first-order valence-corrected chi connectivity index (χ1v) is 5.88. The van der Waals surface area contributed by atoms with Crippen LogP contribution in [0.1, 0.15) is 24.3 Å². The number of carbonyl (C=O) groups is 2. The Morgan fingerprint density at radius 1 is 1.28 bits per heavy atom. The molecule has 1 aromatic heterocycles. The molecular weight excluding hydrogens is 230 g/mol. The minimum Gasteiger partial charge on any atom is -0.461 e. The molecule has 1 aromatic carbocycles. The molecule has 0 aliphatic rings. The van der Waals surface area contributed by atoms with Crippen LogP contribution in [0.2, 0.25) is 0 Å². The summed E-state index contributed by atoms with van der Waals surface area (Å²) in [5.74, 6) is -0.392. The molecule has 4 heteroatoms. The Morgan fingerprint density at radius 2 is 2.00 bits per heavy atom. The summed E-state index contributed by atoms with van der Waals surface area (Å²) in [7, 11) is 0. The zero-order valence-corrected chi connectivity index (χ0v) is 10.5. The van der Waals surface area contributed by atoms with Gasteiger partial charge in [-0.1, -0.05) is 18.2 Å². The standard InChI is InChI=1S/C14H15NO3/c1-3-18-14(17)13-8-11-6-4-5-7-12(11)15(13)9-10(2)16/h4-8H,3,9H2,1-2H3. The Balaban J connectivity index is 2.56. The number of rotatable bonds is 4. The second kappa shape index (κ2) is 5.04. The number of fused-ring (bicyclic) bond motifs is 1. The number of para-hydroxylation sites is 1. The SMILES string of the molecule is CCOC(=O)c1cc2ccccc2n1CC(C)=O. The van der Waals surface area contributed by atoms with Gasteiger partial charge in [0.05, 0.1) is 13.2 Å². The molecule has 0 aliphatic carbocycles. The Hall–Kier alpha value is -2.10. The number of Topliss-reactive ketones (excluding diaryl/α,β-unsaturated/α-hetero) is 1. The summed E-state index contributed by atoms with van der Waals surface area (Å²) >= 11 is 0. The fourth-order valence-electron chi connectivity index (χ4n) is 1.98. The molecule has 0 amide bonds. The van der Waals surface area contributed by atoms with Crippen LogP contribution < -0.4 is 0 Å². The predicted molar refractivity (Wildman–Crippen MR) is 68.6 cm³/mol. The van der Waals surface area contributed by atoms with Crippen molar-refractivity contribution in [1.29, 1.82) is 0 Å². The average Bonchev–Trinajstić information content (AvgIpc) is 2.68. The van der Waals surface area contributed by atoms with Crippen LogP contribution in [-0.4, -0.2) is 22.9 Å². The van der Waals surface area contributed by atoms with E-state index in [4.69, 9.17) is 4.74 Å². The van der Waals surface area contributed by atoms with Crippen LogP contribution in [0.15, 0.2) is 30.3 Å². The molecule has 0 radical (unpaired) electrons. The fraction of sp³-hybridized carbons (Fsp3) is 0.286. The summed E-state index contributed by atoms with van der Waals surface area (Å²) in [6.07, 6.45) is 0. The molecule has 0 unspecified atom stereocenters. The third kappa shape index (κ3) is 2.27. The summed E-state index contributed by atoms with van der Waals surface area (Å²) < 4.78 is 6.71. The van der Waals surface area contributed by atoms with E-state index in [-0.39, 0.29) is 12.3 Å². The molecular formula is C14H15NO3. The van der Waals surface area contributed by atoms with Crippen LogP contribution in [0.5, 0.6) is 0 Å². The highest BCUT2D eigenvalue weighted by atomic mass is 16.5. The molecule has 0 aliphatic heterocycles. The van der Waals surface area contributed by atoms with E-state index in [0.29, 0.717) is 12.3 Å². The molecule has 18 heavy (non-hydrogen) atoms. The van der Waals surface area contributed by atoms with Crippen molar-refractivity contribution < 1.29 is 14.3 Å². The minimum absolute atomic E-state index is 0.00176. The molecule has 0 saturated heterocycles. The van der Waals surface area contributed by atoms with E-state index in [1.165, 1.54) is 6.92 Å². The first kappa shape index (κ1) is 12.4. The van der Waals surface area contributed by atoms with Gasteiger partial charge in [-0.3, -0.25) is 4.79 Å². The van der Waals surface area contributed by atoms with Gasteiger partial charge in [0.15, 0.2) is 0 Å². The summed E-state index contributed by atoms with van der Waals surface area (Å²) in [5, 5.41) is 0.932. The zero-order valence-electron chi connectivity index (χ0n) is 10.5. The van der Waals surface area contributed by atoms with Gasteiger partial charge < -0.3 is 9.30 Å². The Bertz CT molecular complexity index is 598. The van der Waals surface area contributed by atoms with Crippen molar-refractivity contribution >= 4 is 22.7 Å². The predicted octanol–water partition coefficient (Wildman–Crippen LogP) is 2.41. The normalized spacial score (nSPS) is 10.6. The number of carbonyl (C=O) groups excluding carboxylic acids is 2. The van der Waals surface area contributed by atoms with Crippen LogP contribution in [0.25, 0.3) is 10.9 Å². The highest BCUT2D eigenvalue weighted by Gasteiger charge is 2.16. The van der Waals surface area contributed by atoms with Crippen molar-refractivity contribution in [3.05, 3.63) is 36.0 Å². The van der Waals surface area contributed by atoms with E-state index >= 15 is 0 Å². The first-order chi connectivity index (χ1) is 8.63. The molecule has 94 valence electrons. The van der Waals surface area contributed by atoms with Gasteiger partial charge in [-0.15, -0.1) is 0 Å². The minimum atomic E-state index is -0.394. The fourth-order valence-corrected chi connectivity index (χ4v) is 1.98. The molecule has 2 aromatic rings. The number of nitrogens with zero attached hydrogens (tertiary/aromatic N) is 1. The lowest BCUT2D eigenvalue weighted by Crippen LogP contribution is -2.15. The van der Waals surface area contributed by atoms with Crippen LogP contribution >= 0.6 is 0 Å². The molecule has 2 rings (SSSR count). The van der Waals surface area contributed by atoms with Gasteiger partial charge >= 0.3 is 5.97 Å². The number of hydrogen-bond acceptors (Lipinski definition) is 3. The molecule has 0 fully saturated rings. The van der Waals surface area contributed by atoms with E-state index in [1.54, 1.807) is 17.6 Å². The highest BCUT2D eigenvalue weighted by molar-refractivity contribution is 5.96. The van der Waals surface area contributed by atoms with E-state index in [0.717, 1.165) is 10.9 Å². The van der Waals surface area contributed by atoms with E-state index in [1.807, 2.05) is 24.3 Å². The van der Waals surface area contributed by atoms with E-state index in [9.17, 15) is 9.59 Å². The number of ether oxygens (including phenoxy) is 1. The Labute approximate surface area is 105 Å². The zero-order chi connectivity index (χ0) is 13.1. The monoisotopic (exact) mass is 245 g/mol. The molecule has 1 heterocycles. The van der Waals surface area contributed by atoms with Gasteiger partial charge in [-0.2, -0.15) is 0 Å². The van der Waals surface area contributed by atoms with E-state index in [2.05, 4.69) is 0 Å². The number of hydrogen-bond donors (Lipinski definition) is 0. The molecule has 0 atom stereocenters. The summed E-state index contributed by atoms with van der Waals surface area (Å²) in [6.45, 7) is 3.77. The Morgan fingerprint density at radius 3 is 2.67 bits per heavy atom. The lowest BCUT2D eigenvalue weighted by molar-refractivity contribution is -0.117. The lowest BCUT2D eigenvalue weighted by Gasteiger charge is -2.07. The van der Waals surface area contributed by atoms with Crippen molar-refractivity contribution in [2.24, 2.45) is 0 Å². The maximum absolute atomic E-state index is 11.9. The second-order valence-corrected chi connectivity index (χ2v) is 4.10. The topological polar surface area (TPSA) is 48.3 Å². The van der Waals surface area contributed by atoms with Crippen molar-refractivity contribution in [2.75, 3.05) is 6.61 Å². The van der Waals surface area contributed by atoms with Crippen LogP contribution in [0.3, 0.4) is 0 Å². The maximum atomic E-state index is 11.9. The van der Waals surface area contributed by atoms with Crippen molar-refractivity contribution in [3.8, 4) is 0 Å². The number of benzene rings is 1. The number of esters is 1. The van der Waals surface area contributed by atoms with E-state index < -0.39 is 5.97 Å². The summed E-state index contributed by atoms with van der Waals surface area (Å²) in [5.41, 5.74) is 1.30. The summed E-state index contributed by atoms with van der Waals surface area (Å²) in [4.78, 5) is 23.2. The smallest absolute Gasteiger partial charge is 0.354 e. The summed E-state index contributed by atoms with van der Waals surface area (Å²) in [6, 6.07) is 9.34. The average molecular weight is 245 g/mol. The quantitative estimate of drug-likeness (QED) is 0.777. The lowest BCUT2D eigenvalue weighted by atomic mass is 10.2. The van der Waals surface area contributed by atoms with Crippen molar-refractivity contribution in [2.45, 2.75) is 20.4 Å². The van der Waals surface area contributed by atoms with Gasteiger partial charge in [-0.05, 0) is 26.0 Å². The molecule has 0 bridgehead atoms. The Kier molecular flexibility index (Phi) is 3.46. The third-order valence-electron chi connectivity index (χ3n) is 2.68. The van der Waals surface area contributed by atoms with Crippen molar-refractivity contribution in [1.82, 2.24) is 4.57 Å².